The van der Waals surface area contributed by atoms with Crippen LogP contribution in [0, 0.1) is 0 Å². The number of hydrogen-bond donors (Lipinski definition) is 0. The zero-order valence-corrected chi connectivity index (χ0v) is 10.8. The molecule has 4 nitrogen and oxygen atoms in total. The Hall–Kier alpha value is -1.36. The van der Waals surface area contributed by atoms with Gasteiger partial charge in [0.1, 0.15) is 0 Å². The molecule has 0 spiro atoms. The van der Waals surface area contributed by atoms with Crippen molar-refractivity contribution >= 4 is 23.3 Å². The molecule has 0 fully saturated rings. The Morgan fingerprint density at radius 1 is 1.12 bits per heavy atom. The highest BCUT2D eigenvalue weighted by molar-refractivity contribution is 7.10. The summed E-state index contributed by atoms with van der Waals surface area (Å²) in [5, 5.41) is 1.86. The maximum atomic E-state index is 11.3. The van der Waals surface area contributed by atoms with Crippen LogP contribution in [-0.4, -0.2) is 25.2 Å². The molecule has 0 saturated heterocycles. The molecule has 0 aliphatic carbocycles. The monoisotopic (exact) mass is 256 g/mol. The van der Waals surface area contributed by atoms with E-state index >= 15 is 0 Å². The molecule has 0 atom stereocenters. The van der Waals surface area contributed by atoms with Gasteiger partial charge < -0.3 is 9.47 Å². The third-order valence-corrected chi connectivity index (χ3v) is 3.05. The minimum Gasteiger partial charge on any atom is -0.466 e. The number of thiophene rings is 1. The van der Waals surface area contributed by atoms with Gasteiger partial charge in [-0.25, -0.2) is 0 Å². The van der Waals surface area contributed by atoms with Crippen molar-refractivity contribution < 1.29 is 19.1 Å². The van der Waals surface area contributed by atoms with E-state index in [0.717, 1.165) is 10.4 Å². The van der Waals surface area contributed by atoms with Crippen molar-refractivity contribution in [1.82, 2.24) is 0 Å². The topological polar surface area (TPSA) is 52.6 Å². The van der Waals surface area contributed by atoms with Crippen molar-refractivity contribution in [2.24, 2.45) is 0 Å². The molecule has 1 aromatic heterocycles. The van der Waals surface area contributed by atoms with E-state index in [2.05, 4.69) is 0 Å². The van der Waals surface area contributed by atoms with Crippen molar-refractivity contribution in [2.75, 3.05) is 13.2 Å². The summed E-state index contributed by atoms with van der Waals surface area (Å²) in [6.45, 7) is 4.28. The number of hydrogen-bond acceptors (Lipinski definition) is 5. The highest BCUT2D eigenvalue weighted by Crippen LogP contribution is 2.19. The van der Waals surface area contributed by atoms with E-state index in [-0.39, 0.29) is 24.8 Å². The molecule has 1 heterocycles. The normalized spacial score (nSPS) is 10.0. The lowest BCUT2D eigenvalue weighted by molar-refractivity contribution is -0.143. The smallest absolute Gasteiger partial charge is 0.311 e. The number of carbonyl (C=O) groups is 2. The molecule has 0 aliphatic heterocycles. The van der Waals surface area contributed by atoms with Crippen LogP contribution in [0.1, 0.15) is 24.3 Å². The second kappa shape index (κ2) is 7.06. The van der Waals surface area contributed by atoms with Crippen molar-refractivity contribution in [3.8, 4) is 0 Å². The largest absolute Gasteiger partial charge is 0.466 e. The van der Waals surface area contributed by atoms with Crippen molar-refractivity contribution in [1.29, 1.82) is 0 Å². The van der Waals surface area contributed by atoms with Crippen LogP contribution in [0.25, 0.3) is 0 Å². The first-order chi connectivity index (χ1) is 8.17. The van der Waals surface area contributed by atoms with Crippen LogP contribution in [-0.2, 0) is 31.9 Å². The zero-order valence-electron chi connectivity index (χ0n) is 10.0. The van der Waals surface area contributed by atoms with Gasteiger partial charge in [-0.3, -0.25) is 9.59 Å². The average Bonchev–Trinajstić information content (AvgIpc) is 2.66. The summed E-state index contributed by atoms with van der Waals surface area (Å²) in [6, 6.07) is 1.84. The Morgan fingerprint density at radius 2 is 1.71 bits per heavy atom. The third kappa shape index (κ3) is 4.56. The fraction of sp³-hybridized carbons (Fsp3) is 0.500. The SMILES string of the molecule is CCOC(=O)Cc1ccsc1CC(=O)OCC. The van der Waals surface area contributed by atoms with Gasteiger partial charge in [-0.1, -0.05) is 0 Å². The predicted octanol–water partition coefficient (Wildman–Crippen LogP) is 1.96. The molecule has 0 unspecified atom stereocenters. The van der Waals surface area contributed by atoms with Crippen molar-refractivity contribution in [2.45, 2.75) is 26.7 Å². The fourth-order valence-corrected chi connectivity index (χ4v) is 2.28. The molecule has 0 radical (unpaired) electrons. The van der Waals surface area contributed by atoms with E-state index in [1.165, 1.54) is 11.3 Å². The summed E-state index contributed by atoms with van der Waals surface area (Å²) in [5.41, 5.74) is 0.849. The Balaban J connectivity index is 2.59. The quantitative estimate of drug-likeness (QED) is 0.730. The number of rotatable bonds is 6. The van der Waals surface area contributed by atoms with E-state index in [9.17, 15) is 9.59 Å². The minimum atomic E-state index is -0.268. The molecule has 0 bridgehead atoms. The summed E-state index contributed by atoms with van der Waals surface area (Å²) >= 11 is 1.46. The standard InChI is InChI=1S/C12H16O4S/c1-3-15-11(13)7-9-5-6-17-10(9)8-12(14)16-4-2/h5-6H,3-4,7-8H2,1-2H3. The molecule has 0 aromatic carbocycles. The molecule has 17 heavy (non-hydrogen) atoms. The van der Waals surface area contributed by atoms with Crippen molar-refractivity contribution in [3.05, 3.63) is 21.9 Å². The molecular weight excluding hydrogens is 240 g/mol. The number of esters is 2. The molecule has 5 heteroatoms. The lowest BCUT2D eigenvalue weighted by Crippen LogP contribution is -2.11. The van der Waals surface area contributed by atoms with E-state index in [1.807, 2.05) is 11.4 Å². The Bertz CT molecular complexity index is 349. The number of ether oxygens (including phenoxy) is 2. The van der Waals surface area contributed by atoms with Gasteiger partial charge in [0.2, 0.25) is 0 Å². The van der Waals surface area contributed by atoms with Crippen LogP contribution in [0.2, 0.25) is 0 Å². The summed E-state index contributed by atoms with van der Waals surface area (Å²) in [5.74, 6) is -0.531. The maximum absolute atomic E-state index is 11.3. The lowest BCUT2D eigenvalue weighted by atomic mass is 10.1. The van der Waals surface area contributed by atoms with Crippen LogP contribution in [0.5, 0.6) is 0 Å². The summed E-state index contributed by atoms with van der Waals surface area (Å²) in [7, 11) is 0. The van der Waals surface area contributed by atoms with E-state index < -0.39 is 0 Å². The second-order valence-electron chi connectivity index (χ2n) is 3.33. The van der Waals surface area contributed by atoms with Gasteiger partial charge in [0, 0.05) is 4.88 Å². The summed E-state index contributed by atoms with van der Waals surface area (Å²) in [4.78, 5) is 23.6. The Morgan fingerprint density at radius 3 is 2.29 bits per heavy atom. The highest BCUT2D eigenvalue weighted by Gasteiger charge is 2.13. The first-order valence-corrected chi connectivity index (χ1v) is 6.41. The van der Waals surface area contributed by atoms with Crippen LogP contribution >= 0.6 is 11.3 Å². The van der Waals surface area contributed by atoms with Gasteiger partial charge >= 0.3 is 11.9 Å². The molecule has 0 amide bonds. The number of carbonyl (C=O) groups excluding carboxylic acids is 2. The van der Waals surface area contributed by atoms with Crippen LogP contribution < -0.4 is 0 Å². The lowest BCUT2D eigenvalue weighted by Gasteiger charge is -2.04. The predicted molar refractivity (Wildman–Crippen MR) is 65.0 cm³/mol. The van der Waals surface area contributed by atoms with Gasteiger partial charge in [0.25, 0.3) is 0 Å². The van der Waals surface area contributed by atoms with E-state index in [0.29, 0.717) is 13.2 Å². The van der Waals surface area contributed by atoms with Crippen LogP contribution in [0.3, 0.4) is 0 Å². The van der Waals surface area contributed by atoms with Crippen LogP contribution in [0.15, 0.2) is 11.4 Å². The minimum absolute atomic E-state index is 0.214. The maximum Gasteiger partial charge on any atom is 0.311 e. The highest BCUT2D eigenvalue weighted by atomic mass is 32.1. The van der Waals surface area contributed by atoms with Crippen LogP contribution in [0.4, 0.5) is 0 Å². The molecular formula is C12H16O4S. The molecule has 1 aromatic rings. The average molecular weight is 256 g/mol. The Labute approximate surface area is 105 Å². The van der Waals surface area contributed by atoms with E-state index in [4.69, 9.17) is 9.47 Å². The molecule has 1 rings (SSSR count). The molecule has 94 valence electrons. The van der Waals surface area contributed by atoms with E-state index in [1.54, 1.807) is 13.8 Å². The van der Waals surface area contributed by atoms with Gasteiger partial charge in [-0.15, -0.1) is 11.3 Å². The first kappa shape index (κ1) is 13.7. The van der Waals surface area contributed by atoms with Gasteiger partial charge in [-0.05, 0) is 30.9 Å². The van der Waals surface area contributed by atoms with Crippen molar-refractivity contribution in [3.63, 3.8) is 0 Å². The summed E-state index contributed by atoms with van der Waals surface area (Å²) < 4.78 is 9.75. The second-order valence-corrected chi connectivity index (χ2v) is 4.33. The molecule has 0 N–H and O–H groups in total. The Kier molecular flexibility index (Phi) is 5.69. The molecule has 0 saturated carbocycles. The molecule has 0 aliphatic rings. The first-order valence-electron chi connectivity index (χ1n) is 5.53. The zero-order chi connectivity index (χ0) is 12.7. The van der Waals surface area contributed by atoms with Gasteiger partial charge in [-0.2, -0.15) is 0 Å². The fourth-order valence-electron chi connectivity index (χ4n) is 1.39. The van der Waals surface area contributed by atoms with Gasteiger partial charge in [0.15, 0.2) is 0 Å². The third-order valence-electron chi connectivity index (χ3n) is 2.09. The summed E-state index contributed by atoms with van der Waals surface area (Å²) in [6.07, 6.45) is 0.437. The van der Waals surface area contributed by atoms with Gasteiger partial charge in [0.05, 0.1) is 26.1 Å².